The van der Waals surface area contributed by atoms with Gasteiger partial charge in [0.05, 0.1) is 5.69 Å². The zero-order valence-corrected chi connectivity index (χ0v) is 16.3. The van der Waals surface area contributed by atoms with Gasteiger partial charge in [-0.25, -0.2) is 14.4 Å². The Hall–Kier alpha value is -3.41. The van der Waals surface area contributed by atoms with E-state index in [9.17, 15) is 4.39 Å². The normalized spacial score (nSPS) is 14.0. The van der Waals surface area contributed by atoms with Gasteiger partial charge in [-0.2, -0.15) is 0 Å². The quantitative estimate of drug-likeness (QED) is 0.640. The second-order valence-electron chi connectivity index (χ2n) is 6.90. The lowest BCUT2D eigenvalue weighted by Gasteiger charge is -2.37. The molecule has 2 heterocycles. The third-order valence-electron chi connectivity index (χ3n) is 4.97. The van der Waals surface area contributed by atoms with E-state index in [1.54, 1.807) is 12.1 Å². The third-order valence-corrected chi connectivity index (χ3v) is 4.97. The fraction of sp³-hybridized carbons (Fsp3) is 0.217. The molecule has 2 aromatic carbocycles. The first-order valence-electron chi connectivity index (χ1n) is 9.78. The molecule has 1 aliphatic heterocycles. The van der Waals surface area contributed by atoms with Crippen molar-refractivity contribution in [2.24, 2.45) is 0 Å². The van der Waals surface area contributed by atoms with E-state index in [0.717, 1.165) is 43.4 Å². The van der Waals surface area contributed by atoms with Crippen LogP contribution < -0.4 is 15.1 Å². The van der Waals surface area contributed by atoms with Crippen LogP contribution in [0, 0.1) is 5.82 Å². The molecule has 1 aliphatic rings. The van der Waals surface area contributed by atoms with Crippen LogP contribution in [0.25, 0.3) is 11.4 Å². The van der Waals surface area contributed by atoms with Crippen LogP contribution in [0.4, 0.5) is 21.7 Å². The number of nitrogens with zero attached hydrogens (tertiary/aromatic N) is 4. The van der Waals surface area contributed by atoms with Crippen molar-refractivity contribution in [3.8, 4) is 11.4 Å². The minimum Gasteiger partial charge on any atom is -0.366 e. The van der Waals surface area contributed by atoms with E-state index < -0.39 is 0 Å². The average molecular weight is 389 g/mol. The van der Waals surface area contributed by atoms with Gasteiger partial charge >= 0.3 is 0 Å². The highest BCUT2D eigenvalue weighted by Gasteiger charge is 2.21. The van der Waals surface area contributed by atoms with Gasteiger partial charge in [-0.3, -0.25) is 0 Å². The van der Waals surface area contributed by atoms with Crippen LogP contribution in [-0.4, -0.2) is 42.7 Å². The largest absolute Gasteiger partial charge is 0.366 e. The lowest BCUT2D eigenvalue weighted by Crippen LogP contribution is -2.47. The van der Waals surface area contributed by atoms with Crippen molar-refractivity contribution in [1.29, 1.82) is 0 Å². The standard InChI is InChI=1S/C23H24FN5/c1-2-12-25-21-17-22(27-23(26-21)18-8-4-3-5-9-18)29-15-13-28(14-16-29)20-11-7-6-10-19(20)24/h2-11,17H,1,12-16H2,(H,25,26,27). The predicted molar refractivity (Wildman–Crippen MR) is 117 cm³/mol. The van der Waals surface area contributed by atoms with Crippen LogP contribution in [0.15, 0.2) is 73.3 Å². The summed E-state index contributed by atoms with van der Waals surface area (Å²) in [5.41, 5.74) is 1.63. The molecule has 0 unspecified atom stereocenters. The fourth-order valence-electron chi connectivity index (χ4n) is 3.46. The summed E-state index contributed by atoms with van der Waals surface area (Å²) in [6.45, 7) is 7.39. The molecule has 0 saturated carbocycles. The zero-order chi connectivity index (χ0) is 20.1. The van der Waals surface area contributed by atoms with Gasteiger partial charge in [0.25, 0.3) is 0 Å². The summed E-state index contributed by atoms with van der Waals surface area (Å²) >= 11 is 0. The van der Waals surface area contributed by atoms with Gasteiger partial charge in [0.2, 0.25) is 0 Å². The summed E-state index contributed by atoms with van der Waals surface area (Å²) in [6, 6.07) is 18.9. The highest BCUT2D eigenvalue weighted by Crippen LogP contribution is 2.25. The molecule has 4 rings (SSSR count). The second-order valence-corrected chi connectivity index (χ2v) is 6.90. The highest BCUT2D eigenvalue weighted by molar-refractivity contribution is 5.62. The van der Waals surface area contributed by atoms with Crippen LogP contribution >= 0.6 is 0 Å². The van der Waals surface area contributed by atoms with Crippen molar-refractivity contribution >= 4 is 17.3 Å². The van der Waals surface area contributed by atoms with Gasteiger partial charge in [0.1, 0.15) is 17.5 Å². The molecule has 6 heteroatoms. The predicted octanol–water partition coefficient (Wildman–Crippen LogP) is 4.21. The number of para-hydroxylation sites is 1. The number of nitrogens with one attached hydrogen (secondary N) is 1. The van der Waals surface area contributed by atoms with Crippen molar-refractivity contribution in [2.45, 2.75) is 0 Å². The van der Waals surface area contributed by atoms with Crippen LogP contribution in [0.1, 0.15) is 0 Å². The van der Waals surface area contributed by atoms with E-state index in [2.05, 4.69) is 26.7 Å². The Balaban J connectivity index is 1.56. The van der Waals surface area contributed by atoms with E-state index in [1.165, 1.54) is 6.07 Å². The maximum Gasteiger partial charge on any atom is 0.163 e. The van der Waals surface area contributed by atoms with Crippen LogP contribution in [0.5, 0.6) is 0 Å². The highest BCUT2D eigenvalue weighted by atomic mass is 19.1. The lowest BCUT2D eigenvalue weighted by atomic mass is 10.2. The van der Waals surface area contributed by atoms with Crippen LogP contribution in [0.2, 0.25) is 0 Å². The molecular formula is C23H24FN5. The van der Waals surface area contributed by atoms with Gasteiger partial charge in [0.15, 0.2) is 5.82 Å². The molecule has 0 spiro atoms. The van der Waals surface area contributed by atoms with Crippen LogP contribution in [0.3, 0.4) is 0 Å². The average Bonchev–Trinajstić information content (AvgIpc) is 2.78. The van der Waals surface area contributed by atoms with E-state index in [-0.39, 0.29) is 5.82 Å². The maximum absolute atomic E-state index is 14.1. The molecule has 0 atom stereocenters. The minimum atomic E-state index is -0.176. The number of hydrogen-bond acceptors (Lipinski definition) is 5. The number of benzene rings is 2. The third kappa shape index (κ3) is 4.37. The summed E-state index contributed by atoms with van der Waals surface area (Å²) in [5.74, 6) is 2.15. The first-order valence-corrected chi connectivity index (χ1v) is 9.78. The molecule has 1 fully saturated rings. The number of aromatic nitrogens is 2. The Morgan fingerprint density at radius 2 is 1.62 bits per heavy atom. The Morgan fingerprint density at radius 3 is 2.34 bits per heavy atom. The summed E-state index contributed by atoms with van der Waals surface area (Å²) in [5, 5.41) is 3.27. The first kappa shape index (κ1) is 18.9. The molecule has 3 aromatic rings. The zero-order valence-electron chi connectivity index (χ0n) is 16.3. The molecule has 5 nitrogen and oxygen atoms in total. The van der Waals surface area contributed by atoms with Gasteiger partial charge in [0, 0.05) is 44.4 Å². The van der Waals surface area contributed by atoms with Crippen molar-refractivity contribution in [1.82, 2.24) is 9.97 Å². The first-order chi connectivity index (χ1) is 14.2. The molecule has 1 saturated heterocycles. The molecule has 0 radical (unpaired) electrons. The number of piperazine rings is 1. The van der Waals surface area contributed by atoms with Crippen molar-refractivity contribution in [3.63, 3.8) is 0 Å². The Kier molecular flexibility index (Phi) is 5.70. The summed E-state index contributed by atoms with van der Waals surface area (Å²) in [4.78, 5) is 13.8. The van der Waals surface area contributed by atoms with E-state index in [1.807, 2.05) is 48.5 Å². The van der Waals surface area contributed by atoms with Crippen LogP contribution in [-0.2, 0) is 0 Å². The number of rotatable bonds is 6. The van der Waals surface area contributed by atoms with Crippen molar-refractivity contribution < 1.29 is 4.39 Å². The number of hydrogen-bond donors (Lipinski definition) is 1. The second kappa shape index (κ2) is 8.73. The summed E-state index contributed by atoms with van der Waals surface area (Å²) in [7, 11) is 0. The Labute approximate surface area is 170 Å². The molecule has 1 N–H and O–H groups in total. The van der Waals surface area contributed by atoms with Gasteiger partial charge in [-0.05, 0) is 12.1 Å². The smallest absolute Gasteiger partial charge is 0.163 e. The van der Waals surface area contributed by atoms with Crippen molar-refractivity contribution in [2.75, 3.05) is 47.8 Å². The summed E-state index contributed by atoms with van der Waals surface area (Å²) in [6.07, 6.45) is 1.80. The van der Waals surface area contributed by atoms with E-state index in [0.29, 0.717) is 18.1 Å². The number of anilines is 3. The fourth-order valence-corrected chi connectivity index (χ4v) is 3.46. The minimum absolute atomic E-state index is 0.176. The summed E-state index contributed by atoms with van der Waals surface area (Å²) < 4.78 is 14.1. The monoisotopic (exact) mass is 389 g/mol. The van der Waals surface area contributed by atoms with E-state index in [4.69, 9.17) is 4.98 Å². The van der Waals surface area contributed by atoms with Gasteiger partial charge in [-0.15, -0.1) is 6.58 Å². The molecule has 29 heavy (non-hydrogen) atoms. The topological polar surface area (TPSA) is 44.3 Å². The SMILES string of the molecule is C=CCNc1cc(N2CCN(c3ccccc3F)CC2)nc(-c2ccccc2)n1. The van der Waals surface area contributed by atoms with Gasteiger partial charge in [-0.1, -0.05) is 48.5 Å². The molecule has 0 bridgehead atoms. The molecule has 148 valence electrons. The molecule has 0 aliphatic carbocycles. The van der Waals surface area contributed by atoms with Gasteiger partial charge < -0.3 is 15.1 Å². The number of halogens is 1. The molecule has 1 aromatic heterocycles. The maximum atomic E-state index is 14.1. The molecule has 0 amide bonds. The van der Waals surface area contributed by atoms with E-state index >= 15 is 0 Å². The Morgan fingerprint density at radius 1 is 0.931 bits per heavy atom. The van der Waals surface area contributed by atoms with Crippen molar-refractivity contribution in [3.05, 3.63) is 79.1 Å². The molecular weight excluding hydrogens is 365 g/mol. The Bertz CT molecular complexity index is 968. The lowest BCUT2D eigenvalue weighted by molar-refractivity contribution is 0.596.